The number of rotatable bonds is 8. The third kappa shape index (κ3) is 6.89. The van der Waals surface area contributed by atoms with Crippen molar-refractivity contribution < 1.29 is 14.6 Å². The molecule has 3 aromatic rings. The molecule has 7 nitrogen and oxygen atoms in total. The Morgan fingerprint density at radius 1 is 1.05 bits per heavy atom. The lowest BCUT2D eigenvalue weighted by Gasteiger charge is -2.42. The number of carbonyl (C=O) groups excluding carboxylic acids is 1. The number of halogens is 1. The van der Waals surface area contributed by atoms with E-state index in [9.17, 15) is 9.90 Å². The first-order chi connectivity index (χ1) is 20.1. The maximum absolute atomic E-state index is 14.3. The summed E-state index contributed by atoms with van der Waals surface area (Å²) in [4.78, 5) is 21.1. The van der Waals surface area contributed by atoms with E-state index in [2.05, 4.69) is 34.1 Å². The first kappa shape index (κ1) is 31.1. The van der Waals surface area contributed by atoms with Gasteiger partial charge in [-0.05, 0) is 49.2 Å². The summed E-state index contributed by atoms with van der Waals surface area (Å²) in [5.41, 5.74) is 2.43. The molecule has 3 heterocycles. The maximum atomic E-state index is 14.3. The normalized spacial score (nSPS) is 25.1. The summed E-state index contributed by atoms with van der Waals surface area (Å²) >= 11 is 1.98. The second-order valence-corrected chi connectivity index (χ2v) is 13.0. The van der Waals surface area contributed by atoms with Crippen molar-refractivity contribution in [3.05, 3.63) is 78.2 Å². The van der Waals surface area contributed by atoms with Crippen molar-refractivity contribution in [2.24, 2.45) is 0 Å². The quantitative estimate of drug-likeness (QED) is 0.356. The first-order valence-corrected chi connectivity index (χ1v) is 16.4. The van der Waals surface area contributed by atoms with Gasteiger partial charge in [0.15, 0.2) is 5.69 Å². The molecule has 226 valence electrons. The van der Waals surface area contributed by atoms with Crippen LogP contribution >= 0.6 is 24.2 Å². The predicted octanol–water partition coefficient (Wildman–Crippen LogP) is 5.39. The Bertz CT molecular complexity index is 1290. The van der Waals surface area contributed by atoms with Gasteiger partial charge in [-0.1, -0.05) is 73.5 Å². The van der Waals surface area contributed by atoms with Crippen LogP contribution in [0, 0.1) is 0 Å². The van der Waals surface area contributed by atoms with E-state index in [4.69, 9.17) is 9.72 Å². The number of aromatic nitrogens is 2. The Labute approximate surface area is 259 Å². The number of hydrogen-bond donors (Lipinski definition) is 2. The third-order valence-corrected chi connectivity index (χ3v) is 10.0. The van der Waals surface area contributed by atoms with Crippen LogP contribution in [0.5, 0.6) is 0 Å². The van der Waals surface area contributed by atoms with E-state index in [-0.39, 0.29) is 36.5 Å². The van der Waals surface area contributed by atoms with Crippen LogP contribution < -0.4 is 5.32 Å². The molecule has 6 rings (SSSR count). The summed E-state index contributed by atoms with van der Waals surface area (Å²) in [6.07, 6.45) is 8.39. The van der Waals surface area contributed by atoms with E-state index in [1.54, 1.807) is 6.33 Å². The molecule has 3 aliphatic rings. The molecule has 2 unspecified atom stereocenters. The minimum Gasteiger partial charge on any atom is -0.385 e. The number of nitrogens with zero attached hydrogens (tertiary/aromatic N) is 3. The van der Waals surface area contributed by atoms with E-state index in [0.29, 0.717) is 25.3 Å². The Hall–Kier alpha value is -2.36. The summed E-state index contributed by atoms with van der Waals surface area (Å²) in [6.45, 7) is 2.47. The van der Waals surface area contributed by atoms with Gasteiger partial charge in [0.1, 0.15) is 5.60 Å². The molecule has 0 bridgehead atoms. The summed E-state index contributed by atoms with van der Waals surface area (Å²) in [6, 6.07) is 20.3. The van der Waals surface area contributed by atoms with Gasteiger partial charge in [0, 0.05) is 31.2 Å². The number of carbonyl (C=O) groups is 1. The molecule has 0 radical (unpaired) electrons. The maximum Gasteiger partial charge on any atom is 0.275 e. The minimum absolute atomic E-state index is 0. The lowest BCUT2D eigenvalue weighted by molar-refractivity contribution is -0.117. The van der Waals surface area contributed by atoms with E-state index in [0.717, 1.165) is 74.4 Å². The second-order valence-electron chi connectivity index (χ2n) is 11.7. The van der Waals surface area contributed by atoms with Crippen molar-refractivity contribution in [3.63, 3.8) is 0 Å². The number of piperazine rings is 1. The summed E-state index contributed by atoms with van der Waals surface area (Å²) in [7, 11) is 0. The number of aliphatic hydroxyl groups is 1. The Kier molecular flexibility index (Phi) is 10.7. The summed E-state index contributed by atoms with van der Waals surface area (Å²) < 4.78 is 8.46. The van der Waals surface area contributed by atoms with Crippen molar-refractivity contribution in [3.8, 4) is 11.3 Å². The molecular formula is C33H43ClN4O3S. The fraction of sp³-hybridized carbons (Fsp3) is 0.515. The monoisotopic (exact) mass is 610 g/mol. The highest BCUT2D eigenvalue weighted by molar-refractivity contribution is 7.99. The van der Waals surface area contributed by atoms with Crippen LogP contribution in [0.4, 0.5) is 0 Å². The Balaban J connectivity index is 0.00000353. The standard InChI is InChI=1S/C33H42N4O3S.ClH/c38-32(36-18-17-34-22-27(36)21-25-9-3-1-4-10-25)30-31(26-11-5-2-6-12-26)37(24-35-30)29-13-7-8-16-33(29,39)23-40-28-14-19-41-20-15-28;/h1-6,9-12,24,27-29,34,39H,7-8,13-23H2;1H/t27-,29?,33?;/m1./s1. The van der Waals surface area contributed by atoms with Gasteiger partial charge in [0.05, 0.1) is 30.8 Å². The number of benzene rings is 2. The van der Waals surface area contributed by atoms with Crippen LogP contribution in [-0.4, -0.2) is 81.0 Å². The highest BCUT2D eigenvalue weighted by atomic mass is 35.5. The van der Waals surface area contributed by atoms with Crippen LogP contribution in [0.3, 0.4) is 0 Å². The van der Waals surface area contributed by atoms with Crippen molar-refractivity contribution in [2.75, 3.05) is 37.7 Å². The van der Waals surface area contributed by atoms with E-state index in [1.165, 1.54) is 5.56 Å². The number of ether oxygens (including phenoxy) is 1. The molecule has 3 fully saturated rings. The zero-order valence-corrected chi connectivity index (χ0v) is 25.8. The highest BCUT2D eigenvalue weighted by Gasteiger charge is 2.43. The molecule has 3 atom stereocenters. The van der Waals surface area contributed by atoms with Crippen LogP contribution in [0.15, 0.2) is 67.0 Å². The lowest BCUT2D eigenvalue weighted by Crippen LogP contribution is -2.54. The molecule has 1 amide bonds. The van der Waals surface area contributed by atoms with Crippen LogP contribution in [0.25, 0.3) is 11.3 Å². The molecule has 2 aliphatic heterocycles. The SMILES string of the molecule is Cl.O=C(c1ncn(C2CCCCC2(O)COC2CCSCC2)c1-c1ccccc1)N1CCNC[C@H]1Cc1ccccc1. The summed E-state index contributed by atoms with van der Waals surface area (Å²) in [5, 5.41) is 15.6. The highest BCUT2D eigenvalue weighted by Crippen LogP contribution is 2.41. The largest absolute Gasteiger partial charge is 0.385 e. The molecular weight excluding hydrogens is 568 g/mol. The number of imidazole rings is 1. The van der Waals surface area contributed by atoms with Gasteiger partial charge in [0.25, 0.3) is 5.91 Å². The third-order valence-electron chi connectivity index (χ3n) is 9.00. The topological polar surface area (TPSA) is 79.6 Å². The number of nitrogens with one attached hydrogen (secondary N) is 1. The smallest absolute Gasteiger partial charge is 0.275 e. The molecule has 0 spiro atoms. The van der Waals surface area contributed by atoms with E-state index < -0.39 is 5.60 Å². The average molecular weight is 611 g/mol. The van der Waals surface area contributed by atoms with E-state index >= 15 is 0 Å². The van der Waals surface area contributed by atoms with Gasteiger partial charge in [0.2, 0.25) is 0 Å². The molecule has 2 aromatic carbocycles. The molecule has 1 aromatic heterocycles. The fourth-order valence-electron chi connectivity index (χ4n) is 6.74. The van der Waals surface area contributed by atoms with Crippen molar-refractivity contribution in [1.29, 1.82) is 0 Å². The predicted molar refractivity (Wildman–Crippen MR) is 172 cm³/mol. The Morgan fingerprint density at radius 3 is 2.55 bits per heavy atom. The van der Waals surface area contributed by atoms with Crippen molar-refractivity contribution in [2.45, 2.75) is 68.7 Å². The number of amides is 1. The van der Waals surface area contributed by atoms with Crippen LogP contribution in [0.1, 0.15) is 60.6 Å². The van der Waals surface area contributed by atoms with Gasteiger partial charge < -0.3 is 24.6 Å². The van der Waals surface area contributed by atoms with Crippen LogP contribution in [0.2, 0.25) is 0 Å². The molecule has 2 saturated heterocycles. The van der Waals surface area contributed by atoms with Gasteiger partial charge >= 0.3 is 0 Å². The fourth-order valence-corrected chi connectivity index (χ4v) is 7.81. The van der Waals surface area contributed by atoms with Gasteiger partial charge in [-0.25, -0.2) is 4.98 Å². The Morgan fingerprint density at radius 2 is 1.79 bits per heavy atom. The molecule has 1 saturated carbocycles. The van der Waals surface area contributed by atoms with E-state index in [1.807, 2.05) is 53.1 Å². The molecule has 2 N–H and O–H groups in total. The first-order valence-electron chi connectivity index (χ1n) is 15.2. The minimum atomic E-state index is -1.00. The van der Waals surface area contributed by atoms with Gasteiger partial charge in [-0.3, -0.25) is 4.79 Å². The lowest BCUT2D eigenvalue weighted by atomic mass is 9.80. The summed E-state index contributed by atoms with van der Waals surface area (Å²) in [5.74, 6) is 2.20. The number of thioether (sulfide) groups is 1. The van der Waals surface area contributed by atoms with Crippen molar-refractivity contribution in [1.82, 2.24) is 19.8 Å². The van der Waals surface area contributed by atoms with Crippen LogP contribution in [-0.2, 0) is 11.2 Å². The zero-order chi connectivity index (χ0) is 28.1. The number of hydrogen-bond acceptors (Lipinski definition) is 6. The molecule has 42 heavy (non-hydrogen) atoms. The molecule has 9 heteroatoms. The molecule has 1 aliphatic carbocycles. The average Bonchev–Trinajstić information content (AvgIpc) is 3.46. The van der Waals surface area contributed by atoms with Crippen molar-refractivity contribution >= 4 is 30.1 Å². The van der Waals surface area contributed by atoms with Gasteiger partial charge in [-0.15, -0.1) is 12.4 Å². The second kappa shape index (κ2) is 14.4. The zero-order valence-electron chi connectivity index (χ0n) is 24.2. The van der Waals surface area contributed by atoms with Gasteiger partial charge in [-0.2, -0.15) is 11.8 Å².